The standard InChI is InChI=1S/C10H16O2/c1-6-4-9(12)5-7(2)10(6)8(3)11/h6-7,10H,4-5H2,1-3H3. The molecular weight excluding hydrogens is 152 g/mol. The zero-order valence-electron chi connectivity index (χ0n) is 7.96. The van der Waals surface area contributed by atoms with Crippen molar-refractivity contribution in [2.75, 3.05) is 0 Å². The van der Waals surface area contributed by atoms with Crippen LogP contribution in [0.25, 0.3) is 0 Å². The Hall–Kier alpha value is -0.660. The topological polar surface area (TPSA) is 34.1 Å². The van der Waals surface area contributed by atoms with E-state index in [0.717, 1.165) is 0 Å². The summed E-state index contributed by atoms with van der Waals surface area (Å²) in [7, 11) is 0. The molecule has 12 heavy (non-hydrogen) atoms. The molecule has 1 aliphatic rings. The number of carbonyl (C=O) groups excluding carboxylic acids is 2. The summed E-state index contributed by atoms with van der Waals surface area (Å²) < 4.78 is 0. The molecule has 0 radical (unpaired) electrons. The Bertz CT molecular complexity index is 194. The summed E-state index contributed by atoms with van der Waals surface area (Å²) in [5.74, 6) is 1.16. The third-order valence-electron chi connectivity index (χ3n) is 2.79. The van der Waals surface area contributed by atoms with Gasteiger partial charge in [0.2, 0.25) is 0 Å². The van der Waals surface area contributed by atoms with Gasteiger partial charge in [-0.05, 0) is 18.8 Å². The van der Waals surface area contributed by atoms with E-state index in [9.17, 15) is 9.59 Å². The maximum Gasteiger partial charge on any atom is 0.133 e. The molecule has 0 aliphatic heterocycles. The fourth-order valence-corrected chi connectivity index (χ4v) is 2.42. The lowest BCUT2D eigenvalue weighted by atomic mass is 9.71. The molecule has 0 amide bonds. The highest BCUT2D eigenvalue weighted by Gasteiger charge is 2.34. The van der Waals surface area contributed by atoms with Crippen molar-refractivity contribution >= 4 is 11.6 Å². The average molecular weight is 168 g/mol. The van der Waals surface area contributed by atoms with Crippen LogP contribution in [0.3, 0.4) is 0 Å². The number of hydrogen-bond donors (Lipinski definition) is 0. The van der Waals surface area contributed by atoms with Gasteiger partial charge in [-0.15, -0.1) is 0 Å². The summed E-state index contributed by atoms with van der Waals surface area (Å²) in [4.78, 5) is 22.4. The van der Waals surface area contributed by atoms with Gasteiger partial charge in [-0.3, -0.25) is 9.59 Å². The second kappa shape index (κ2) is 3.38. The van der Waals surface area contributed by atoms with Crippen LogP contribution in [0.5, 0.6) is 0 Å². The first-order valence-electron chi connectivity index (χ1n) is 4.54. The van der Waals surface area contributed by atoms with Crippen molar-refractivity contribution in [3.05, 3.63) is 0 Å². The summed E-state index contributed by atoms with van der Waals surface area (Å²) in [6.07, 6.45) is 1.18. The molecule has 2 atom stereocenters. The lowest BCUT2D eigenvalue weighted by molar-refractivity contribution is -0.130. The molecule has 1 fully saturated rings. The Morgan fingerprint density at radius 3 is 2.00 bits per heavy atom. The zero-order valence-corrected chi connectivity index (χ0v) is 7.96. The smallest absolute Gasteiger partial charge is 0.133 e. The predicted molar refractivity (Wildman–Crippen MR) is 46.7 cm³/mol. The Kier molecular flexibility index (Phi) is 2.65. The van der Waals surface area contributed by atoms with Crippen LogP contribution >= 0.6 is 0 Å². The van der Waals surface area contributed by atoms with Gasteiger partial charge in [0.05, 0.1) is 0 Å². The third-order valence-corrected chi connectivity index (χ3v) is 2.79. The van der Waals surface area contributed by atoms with Crippen LogP contribution in [-0.4, -0.2) is 11.6 Å². The number of carbonyl (C=O) groups is 2. The Morgan fingerprint density at radius 1 is 1.25 bits per heavy atom. The third kappa shape index (κ3) is 1.74. The van der Waals surface area contributed by atoms with Gasteiger partial charge in [0.1, 0.15) is 11.6 Å². The van der Waals surface area contributed by atoms with Gasteiger partial charge < -0.3 is 0 Å². The van der Waals surface area contributed by atoms with Gasteiger partial charge in [0, 0.05) is 18.8 Å². The van der Waals surface area contributed by atoms with Crippen molar-refractivity contribution in [1.82, 2.24) is 0 Å². The molecule has 2 unspecified atom stereocenters. The molecule has 68 valence electrons. The fraction of sp³-hybridized carbons (Fsp3) is 0.800. The van der Waals surface area contributed by atoms with Crippen LogP contribution in [0.4, 0.5) is 0 Å². The Morgan fingerprint density at radius 2 is 1.67 bits per heavy atom. The summed E-state index contributed by atoms with van der Waals surface area (Å²) in [6.45, 7) is 5.63. The normalized spacial score (nSPS) is 36.6. The summed E-state index contributed by atoms with van der Waals surface area (Å²) in [5, 5.41) is 0. The second-order valence-electron chi connectivity index (χ2n) is 4.04. The first-order chi connectivity index (χ1) is 5.52. The number of Topliss-reactive ketones (excluding diaryl/α,β-unsaturated/α-hetero) is 2. The van der Waals surface area contributed by atoms with E-state index in [1.807, 2.05) is 13.8 Å². The van der Waals surface area contributed by atoms with E-state index < -0.39 is 0 Å². The lowest BCUT2D eigenvalue weighted by Crippen LogP contribution is -2.34. The first kappa shape index (κ1) is 9.43. The molecule has 1 rings (SSSR count). The van der Waals surface area contributed by atoms with Crippen LogP contribution < -0.4 is 0 Å². The molecule has 0 bridgehead atoms. The first-order valence-corrected chi connectivity index (χ1v) is 4.54. The molecule has 0 spiro atoms. The molecule has 0 aromatic rings. The molecule has 0 aromatic carbocycles. The second-order valence-corrected chi connectivity index (χ2v) is 4.04. The van der Waals surface area contributed by atoms with Gasteiger partial charge in [-0.1, -0.05) is 13.8 Å². The molecule has 2 heteroatoms. The van der Waals surface area contributed by atoms with Crippen molar-refractivity contribution in [2.45, 2.75) is 33.6 Å². The summed E-state index contributed by atoms with van der Waals surface area (Å²) in [5.41, 5.74) is 0. The molecule has 2 nitrogen and oxygen atoms in total. The van der Waals surface area contributed by atoms with Crippen LogP contribution in [0, 0.1) is 17.8 Å². The highest BCUT2D eigenvalue weighted by Crippen LogP contribution is 2.32. The Balaban J connectivity index is 2.73. The largest absolute Gasteiger partial charge is 0.300 e. The quantitative estimate of drug-likeness (QED) is 0.598. The zero-order chi connectivity index (χ0) is 9.30. The van der Waals surface area contributed by atoms with Gasteiger partial charge in [-0.25, -0.2) is 0 Å². The highest BCUT2D eigenvalue weighted by atomic mass is 16.1. The molecular formula is C10H16O2. The van der Waals surface area contributed by atoms with Crippen LogP contribution in [-0.2, 0) is 9.59 Å². The minimum atomic E-state index is 0.114. The van der Waals surface area contributed by atoms with Gasteiger partial charge in [0.15, 0.2) is 0 Å². The van der Waals surface area contributed by atoms with Crippen molar-refractivity contribution < 1.29 is 9.59 Å². The molecule has 0 aromatic heterocycles. The van der Waals surface area contributed by atoms with E-state index in [0.29, 0.717) is 18.6 Å². The van der Waals surface area contributed by atoms with Crippen molar-refractivity contribution in [3.63, 3.8) is 0 Å². The minimum Gasteiger partial charge on any atom is -0.300 e. The molecule has 1 aliphatic carbocycles. The van der Waals surface area contributed by atoms with E-state index in [2.05, 4.69) is 0 Å². The predicted octanol–water partition coefficient (Wildman–Crippen LogP) is 1.83. The van der Waals surface area contributed by atoms with Crippen molar-refractivity contribution in [3.8, 4) is 0 Å². The van der Waals surface area contributed by atoms with Crippen LogP contribution in [0.15, 0.2) is 0 Å². The van der Waals surface area contributed by atoms with E-state index in [4.69, 9.17) is 0 Å². The van der Waals surface area contributed by atoms with E-state index in [1.54, 1.807) is 6.92 Å². The van der Waals surface area contributed by atoms with Crippen LogP contribution in [0.1, 0.15) is 33.6 Å². The maximum atomic E-state index is 11.2. The summed E-state index contributed by atoms with van der Waals surface area (Å²) >= 11 is 0. The average Bonchev–Trinajstić information content (AvgIpc) is 1.82. The SMILES string of the molecule is CC(=O)C1C(C)CC(=O)CC1C. The van der Waals surface area contributed by atoms with Crippen LogP contribution in [0.2, 0.25) is 0 Å². The maximum absolute atomic E-state index is 11.2. The Labute approximate surface area is 73.3 Å². The van der Waals surface area contributed by atoms with E-state index >= 15 is 0 Å². The molecule has 0 N–H and O–H groups in total. The number of hydrogen-bond acceptors (Lipinski definition) is 2. The molecule has 0 heterocycles. The fourth-order valence-electron chi connectivity index (χ4n) is 2.42. The summed E-state index contributed by atoms with van der Waals surface area (Å²) in [6, 6.07) is 0. The number of rotatable bonds is 1. The molecule has 0 saturated heterocycles. The van der Waals surface area contributed by atoms with Gasteiger partial charge >= 0.3 is 0 Å². The van der Waals surface area contributed by atoms with Crippen molar-refractivity contribution in [2.24, 2.45) is 17.8 Å². The van der Waals surface area contributed by atoms with E-state index in [-0.39, 0.29) is 23.5 Å². The number of ketones is 2. The highest BCUT2D eigenvalue weighted by molar-refractivity contribution is 5.85. The molecule has 1 saturated carbocycles. The minimum absolute atomic E-state index is 0.114. The van der Waals surface area contributed by atoms with Gasteiger partial charge in [-0.2, -0.15) is 0 Å². The van der Waals surface area contributed by atoms with Crippen molar-refractivity contribution in [1.29, 1.82) is 0 Å². The van der Waals surface area contributed by atoms with Gasteiger partial charge in [0.25, 0.3) is 0 Å². The lowest BCUT2D eigenvalue weighted by Gasteiger charge is -2.31. The van der Waals surface area contributed by atoms with E-state index in [1.165, 1.54) is 0 Å². The monoisotopic (exact) mass is 168 g/mol.